The van der Waals surface area contributed by atoms with Crippen molar-refractivity contribution < 1.29 is 9.13 Å². The van der Waals surface area contributed by atoms with E-state index in [0.717, 1.165) is 74.5 Å². The minimum atomic E-state index is -0.205. The van der Waals surface area contributed by atoms with Gasteiger partial charge in [0.1, 0.15) is 5.82 Å². The van der Waals surface area contributed by atoms with Crippen LogP contribution in [0.4, 0.5) is 4.39 Å². The second kappa shape index (κ2) is 13.2. The smallest absolute Gasteiger partial charge is 0.191 e. The Kier molecular flexibility index (Phi) is 11.0. The van der Waals surface area contributed by atoms with E-state index in [1.165, 1.54) is 6.07 Å². The monoisotopic (exact) mass is 545 g/mol. The molecule has 1 aliphatic heterocycles. The lowest BCUT2D eigenvalue weighted by molar-refractivity contribution is 0.0532. The van der Waals surface area contributed by atoms with Crippen LogP contribution in [0.2, 0.25) is 0 Å². The van der Waals surface area contributed by atoms with Crippen LogP contribution in [0.25, 0.3) is 10.9 Å². The number of nitrogens with one attached hydrogen (secondary N) is 3. The number of aromatic amines is 1. The Bertz CT molecular complexity index is 817. The number of piperidine rings is 1. The highest BCUT2D eigenvalue weighted by molar-refractivity contribution is 14.0. The molecule has 2 heterocycles. The van der Waals surface area contributed by atoms with Crippen LogP contribution in [0.5, 0.6) is 0 Å². The van der Waals surface area contributed by atoms with E-state index in [0.29, 0.717) is 18.7 Å². The molecule has 0 radical (unpaired) electrons. The van der Waals surface area contributed by atoms with E-state index in [9.17, 15) is 4.39 Å². The summed E-state index contributed by atoms with van der Waals surface area (Å²) in [6.07, 6.45) is 5.24. The summed E-state index contributed by atoms with van der Waals surface area (Å²) in [6.45, 7) is 11.7. The average molecular weight is 545 g/mol. The Balaban J connectivity index is 0.00000341. The molecule has 3 rings (SSSR count). The highest BCUT2D eigenvalue weighted by Crippen LogP contribution is 2.19. The van der Waals surface area contributed by atoms with Crippen molar-refractivity contribution in [2.75, 3.05) is 39.3 Å². The molecular weight excluding hydrogens is 508 g/mol. The number of H-pyrrole nitrogens is 1. The largest absolute Gasteiger partial charge is 0.377 e. The number of ether oxygens (including phenoxy) is 1. The Labute approximate surface area is 202 Å². The summed E-state index contributed by atoms with van der Waals surface area (Å²) in [4.78, 5) is 10.4. The van der Waals surface area contributed by atoms with Crippen LogP contribution < -0.4 is 10.6 Å². The predicted molar refractivity (Wildman–Crippen MR) is 137 cm³/mol. The number of likely N-dealkylation sites (tertiary alicyclic amines) is 1. The third kappa shape index (κ3) is 8.23. The minimum absolute atomic E-state index is 0. The molecule has 31 heavy (non-hydrogen) atoms. The molecule has 1 saturated heterocycles. The maximum atomic E-state index is 13.6. The number of aromatic nitrogens is 1. The summed E-state index contributed by atoms with van der Waals surface area (Å²) < 4.78 is 19.2. The van der Waals surface area contributed by atoms with Crippen LogP contribution >= 0.6 is 24.0 Å². The molecule has 2 aromatic rings. The van der Waals surface area contributed by atoms with Gasteiger partial charge in [-0.05, 0) is 63.8 Å². The number of guanidine groups is 1. The first-order chi connectivity index (χ1) is 14.5. The molecular formula is C23H37FIN5O. The lowest BCUT2D eigenvalue weighted by Crippen LogP contribution is -2.49. The van der Waals surface area contributed by atoms with Gasteiger partial charge in [-0.3, -0.25) is 4.99 Å². The van der Waals surface area contributed by atoms with Crippen molar-refractivity contribution in [1.82, 2.24) is 20.5 Å². The highest BCUT2D eigenvalue weighted by atomic mass is 127. The van der Waals surface area contributed by atoms with Gasteiger partial charge in [-0.1, -0.05) is 0 Å². The van der Waals surface area contributed by atoms with Crippen molar-refractivity contribution in [3.63, 3.8) is 0 Å². The number of aliphatic imine (C=N–C) groups is 1. The second-order valence-electron chi connectivity index (χ2n) is 8.19. The van der Waals surface area contributed by atoms with E-state index in [2.05, 4.69) is 41.3 Å². The van der Waals surface area contributed by atoms with E-state index >= 15 is 0 Å². The van der Waals surface area contributed by atoms with E-state index in [-0.39, 0.29) is 29.8 Å². The molecule has 0 amide bonds. The Hall–Kier alpha value is -1.39. The fourth-order valence-electron chi connectivity index (χ4n) is 3.88. The molecule has 174 valence electrons. The number of fused-ring (bicyclic) bond motifs is 1. The minimum Gasteiger partial charge on any atom is -0.377 e. The van der Waals surface area contributed by atoms with E-state index in [1.807, 2.05) is 6.20 Å². The van der Waals surface area contributed by atoms with Crippen LogP contribution in [0.1, 0.15) is 39.2 Å². The summed E-state index contributed by atoms with van der Waals surface area (Å²) in [6, 6.07) is 5.29. The number of benzene rings is 1. The maximum absolute atomic E-state index is 13.6. The number of halogens is 2. The second-order valence-corrected chi connectivity index (χ2v) is 8.19. The summed E-state index contributed by atoms with van der Waals surface area (Å²) in [5.41, 5.74) is 2.06. The summed E-state index contributed by atoms with van der Waals surface area (Å²) in [5, 5.41) is 7.88. The third-order valence-electron chi connectivity index (χ3n) is 5.51. The zero-order valence-corrected chi connectivity index (χ0v) is 21.2. The number of hydrogen-bond acceptors (Lipinski definition) is 3. The number of nitrogens with zero attached hydrogens (tertiary/aromatic N) is 2. The fourth-order valence-corrected chi connectivity index (χ4v) is 3.88. The molecule has 0 saturated carbocycles. The van der Waals surface area contributed by atoms with Crippen LogP contribution in [-0.2, 0) is 11.2 Å². The molecule has 6 nitrogen and oxygen atoms in total. The van der Waals surface area contributed by atoms with E-state index in [1.54, 1.807) is 12.1 Å². The van der Waals surface area contributed by atoms with Gasteiger partial charge in [-0.15, -0.1) is 24.0 Å². The first-order valence-electron chi connectivity index (χ1n) is 11.2. The van der Waals surface area contributed by atoms with Crippen LogP contribution in [-0.4, -0.2) is 67.3 Å². The topological polar surface area (TPSA) is 64.7 Å². The molecule has 3 N–H and O–H groups in total. The van der Waals surface area contributed by atoms with Crippen molar-refractivity contribution in [3.05, 3.63) is 35.8 Å². The molecule has 1 aliphatic rings. The maximum Gasteiger partial charge on any atom is 0.191 e. The van der Waals surface area contributed by atoms with Gasteiger partial charge in [-0.25, -0.2) is 4.39 Å². The number of hydrogen-bond donors (Lipinski definition) is 3. The molecule has 0 aliphatic carbocycles. The van der Waals surface area contributed by atoms with Crippen molar-refractivity contribution in [1.29, 1.82) is 0 Å². The zero-order chi connectivity index (χ0) is 21.3. The van der Waals surface area contributed by atoms with Gasteiger partial charge < -0.3 is 25.3 Å². The van der Waals surface area contributed by atoms with Gasteiger partial charge in [0, 0.05) is 55.9 Å². The quantitative estimate of drug-likeness (QED) is 0.254. The lowest BCUT2D eigenvalue weighted by atomic mass is 10.1. The molecule has 1 aromatic carbocycles. The van der Waals surface area contributed by atoms with Gasteiger partial charge in [0.05, 0.1) is 12.7 Å². The molecule has 1 aromatic heterocycles. The van der Waals surface area contributed by atoms with Crippen LogP contribution in [0.15, 0.2) is 29.4 Å². The number of rotatable bonds is 9. The van der Waals surface area contributed by atoms with Gasteiger partial charge in [-0.2, -0.15) is 0 Å². The van der Waals surface area contributed by atoms with E-state index in [4.69, 9.17) is 9.73 Å². The molecule has 0 atom stereocenters. The molecule has 1 fully saturated rings. The third-order valence-corrected chi connectivity index (χ3v) is 5.51. The summed E-state index contributed by atoms with van der Waals surface area (Å²) >= 11 is 0. The van der Waals surface area contributed by atoms with Gasteiger partial charge >= 0.3 is 0 Å². The summed E-state index contributed by atoms with van der Waals surface area (Å²) in [5.74, 6) is 0.661. The molecule has 8 heteroatoms. The van der Waals surface area contributed by atoms with Crippen molar-refractivity contribution >= 4 is 40.8 Å². The normalized spacial score (nSPS) is 16.0. The van der Waals surface area contributed by atoms with Crippen LogP contribution in [0.3, 0.4) is 0 Å². The zero-order valence-electron chi connectivity index (χ0n) is 18.9. The lowest BCUT2D eigenvalue weighted by Gasteiger charge is -2.33. The van der Waals surface area contributed by atoms with Gasteiger partial charge in [0.25, 0.3) is 0 Å². The Morgan fingerprint density at radius 2 is 2.10 bits per heavy atom. The fraction of sp³-hybridized carbons (Fsp3) is 0.609. The molecule has 0 unspecified atom stereocenters. The highest BCUT2D eigenvalue weighted by Gasteiger charge is 2.19. The predicted octanol–water partition coefficient (Wildman–Crippen LogP) is 3.91. The molecule has 0 bridgehead atoms. The Morgan fingerprint density at radius 1 is 1.32 bits per heavy atom. The summed E-state index contributed by atoms with van der Waals surface area (Å²) in [7, 11) is 0. The van der Waals surface area contributed by atoms with E-state index < -0.39 is 0 Å². The van der Waals surface area contributed by atoms with Crippen LogP contribution in [0, 0.1) is 5.82 Å². The first kappa shape index (κ1) is 25.9. The van der Waals surface area contributed by atoms with Gasteiger partial charge in [0.2, 0.25) is 0 Å². The SMILES string of the molecule is CCNC(=NCCc1c[nH]c2ccc(F)cc12)NC1CCN(CCOC(C)C)CC1.I. The Morgan fingerprint density at radius 3 is 2.81 bits per heavy atom. The van der Waals surface area contributed by atoms with Gasteiger partial charge in [0.15, 0.2) is 5.96 Å². The van der Waals surface area contributed by atoms with Crippen molar-refractivity contribution in [2.45, 2.75) is 52.2 Å². The first-order valence-corrected chi connectivity index (χ1v) is 11.2. The molecule has 0 spiro atoms. The van der Waals surface area contributed by atoms with Crippen molar-refractivity contribution in [3.8, 4) is 0 Å². The average Bonchev–Trinajstić information content (AvgIpc) is 3.11. The standard InChI is InChI=1S/C23H36FN5O.HI/c1-4-25-23(28-20-8-11-29(12-9-20)13-14-30-17(2)3)26-10-7-18-16-27-22-6-5-19(24)15-21(18)22;/h5-6,15-17,20,27H,4,7-14H2,1-3H3,(H2,25,26,28);1H. The van der Waals surface area contributed by atoms with Crippen molar-refractivity contribution in [2.24, 2.45) is 4.99 Å².